The minimum atomic E-state index is 0.548. The van der Waals surface area contributed by atoms with Crippen molar-refractivity contribution in [2.45, 2.75) is 0 Å². The van der Waals surface area contributed by atoms with Crippen molar-refractivity contribution in [2.24, 2.45) is 0 Å². The minimum Gasteiger partial charge on any atom is -0.438 e. The first-order chi connectivity index (χ1) is 30.7. The lowest BCUT2D eigenvalue weighted by atomic mass is 9.98. The molecule has 0 radical (unpaired) electrons. The van der Waals surface area contributed by atoms with Gasteiger partial charge in [-0.2, -0.15) is 9.97 Å². The number of hydrogen-bond acceptors (Lipinski definition) is 6. The highest BCUT2D eigenvalue weighted by molar-refractivity contribution is 6.12. The van der Waals surface area contributed by atoms with Gasteiger partial charge in [0, 0.05) is 33.0 Å². The second kappa shape index (κ2) is 14.7. The largest absolute Gasteiger partial charge is 0.438 e. The Labute approximate surface area is 356 Å². The van der Waals surface area contributed by atoms with Crippen molar-refractivity contribution >= 4 is 44.1 Å². The third-order valence-electron chi connectivity index (χ3n) is 11.5. The highest BCUT2D eigenvalue weighted by Gasteiger charge is 2.21. The molecule has 4 aromatic heterocycles. The smallest absolute Gasteiger partial charge is 0.231 e. The molecule has 0 aliphatic heterocycles. The van der Waals surface area contributed by atoms with Crippen LogP contribution < -0.4 is 0 Å². The molecule has 0 spiro atoms. The van der Waals surface area contributed by atoms with E-state index in [4.69, 9.17) is 28.8 Å². The van der Waals surface area contributed by atoms with Gasteiger partial charge in [-0.3, -0.25) is 0 Å². The van der Waals surface area contributed by atoms with Gasteiger partial charge in [0.05, 0.1) is 22.2 Å². The zero-order valence-corrected chi connectivity index (χ0v) is 33.2. The number of hydrogen-bond donors (Lipinski definition) is 0. The van der Waals surface area contributed by atoms with Crippen LogP contribution in [0.3, 0.4) is 0 Å². The third-order valence-corrected chi connectivity index (χ3v) is 11.5. The minimum absolute atomic E-state index is 0.548. The summed E-state index contributed by atoms with van der Waals surface area (Å²) in [5.41, 5.74) is 14.5. The Morgan fingerprint density at radius 2 is 0.581 bits per heavy atom. The first-order valence-electron chi connectivity index (χ1n) is 20.6. The number of rotatable bonds is 7. The first kappa shape index (κ1) is 35.5. The molecular formula is C56H34N4O2. The summed E-state index contributed by atoms with van der Waals surface area (Å²) in [6, 6.07) is 70.7. The van der Waals surface area contributed by atoms with Gasteiger partial charge in [-0.15, -0.1) is 0 Å². The van der Waals surface area contributed by atoms with Crippen molar-refractivity contribution in [3.05, 3.63) is 206 Å². The van der Waals surface area contributed by atoms with E-state index in [1.807, 2.05) is 60.7 Å². The molecule has 0 saturated heterocycles. The molecule has 0 saturated carbocycles. The topological polar surface area (TPSA) is 77.8 Å². The van der Waals surface area contributed by atoms with Crippen LogP contribution in [0.15, 0.2) is 215 Å². The predicted octanol–water partition coefficient (Wildman–Crippen LogP) is 14.7. The summed E-state index contributed by atoms with van der Waals surface area (Å²) < 4.78 is 12.8. The van der Waals surface area contributed by atoms with Crippen LogP contribution in [0.4, 0.5) is 0 Å². The fraction of sp³-hybridized carbons (Fsp3) is 0. The fourth-order valence-electron chi connectivity index (χ4n) is 8.55. The van der Waals surface area contributed by atoms with Crippen LogP contribution in [-0.4, -0.2) is 19.9 Å². The summed E-state index contributed by atoms with van der Waals surface area (Å²) in [5.74, 6) is 1.16. The van der Waals surface area contributed by atoms with Gasteiger partial charge in [0.15, 0.2) is 11.6 Å². The maximum absolute atomic E-state index is 6.42. The molecule has 290 valence electrons. The summed E-state index contributed by atoms with van der Waals surface area (Å²) in [7, 11) is 0. The molecule has 6 heteroatoms. The zero-order valence-electron chi connectivity index (χ0n) is 33.2. The van der Waals surface area contributed by atoms with Crippen LogP contribution in [0.5, 0.6) is 0 Å². The summed E-state index contributed by atoms with van der Waals surface area (Å²) in [4.78, 5) is 20.7. The lowest BCUT2D eigenvalue weighted by Gasteiger charge is -2.11. The van der Waals surface area contributed by atoms with Gasteiger partial charge in [0.1, 0.15) is 11.2 Å². The number of nitrogens with zero attached hydrogens (tertiary/aromatic N) is 4. The lowest BCUT2D eigenvalue weighted by Crippen LogP contribution is -1.95. The molecule has 6 nitrogen and oxygen atoms in total. The second-order valence-electron chi connectivity index (χ2n) is 15.4. The van der Waals surface area contributed by atoms with E-state index in [1.165, 1.54) is 0 Å². The van der Waals surface area contributed by atoms with Gasteiger partial charge in [-0.25, -0.2) is 9.97 Å². The van der Waals surface area contributed by atoms with E-state index >= 15 is 0 Å². The molecule has 0 N–H and O–H groups in total. The molecule has 8 aromatic carbocycles. The molecule has 0 fully saturated rings. The Hall–Kier alpha value is -8.48. The monoisotopic (exact) mass is 794 g/mol. The van der Waals surface area contributed by atoms with E-state index in [-0.39, 0.29) is 0 Å². The summed E-state index contributed by atoms with van der Waals surface area (Å²) >= 11 is 0. The Bertz CT molecular complexity index is 3410. The normalized spacial score (nSPS) is 11.5. The average Bonchev–Trinajstić information content (AvgIpc) is 3.93. The molecular weight excluding hydrogens is 761 g/mol. The average molecular weight is 795 g/mol. The molecule has 0 bridgehead atoms. The van der Waals surface area contributed by atoms with Gasteiger partial charge in [-0.1, -0.05) is 170 Å². The SMILES string of the molecule is c1ccc(-c2cccc(-c3nc(-c4cccc(-c5cccc(-c6nc(-c7cccc(-c8ccccc8)c7)c7c(n6)oc6ccccc67)c5)c4)nc4oc5ccccc5c34)c2)cc1. The highest BCUT2D eigenvalue weighted by Crippen LogP contribution is 2.40. The van der Waals surface area contributed by atoms with E-state index < -0.39 is 0 Å². The number of benzene rings is 8. The van der Waals surface area contributed by atoms with E-state index in [0.717, 1.165) is 99.7 Å². The molecule has 0 aliphatic rings. The highest BCUT2D eigenvalue weighted by atomic mass is 16.3. The van der Waals surface area contributed by atoms with Crippen molar-refractivity contribution in [2.75, 3.05) is 0 Å². The Morgan fingerprint density at radius 3 is 1.02 bits per heavy atom. The fourth-order valence-corrected chi connectivity index (χ4v) is 8.55. The number of aromatic nitrogens is 4. The Morgan fingerprint density at radius 1 is 0.258 bits per heavy atom. The quantitative estimate of drug-likeness (QED) is 0.160. The van der Waals surface area contributed by atoms with Gasteiger partial charge in [0.2, 0.25) is 11.4 Å². The maximum Gasteiger partial charge on any atom is 0.231 e. The van der Waals surface area contributed by atoms with E-state index in [2.05, 4.69) is 146 Å². The van der Waals surface area contributed by atoms with Gasteiger partial charge < -0.3 is 8.83 Å². The van der Waals surface area contributed by atoms with Crippen molar-refractivity contribution in [1.29, 1.82) is 0 Å². The van der Waals surface area contributed by atoms with Gasteiger partial charge in [0.25, 0.3) is 0 Å². The van der Waals surface area contributed by atoms with Crippen LogP contribution in [0, 0.1) is 0 Å². The Kier molecular flexibility index (Phi) is 8.38. The third kappa shape index (κ3) is 6.21. The first-order valence-corrected chi connectivity index (χ1v) is 20.6. The van der Waals surface area contributed by atoms with Crippen LogP contribution in [0.25, 0.3) is 123 Å². The van der Waals surface area contributed by atoms with E-state index in [0.29, 0.717) is 23.1 Å². The van der Waals surface area contributed by atoms with Crippen LogP contribution in [0.1, 0.15) is 0 Å². The van der Waals surface area contributed by atoms with Gasteiger partial charge >= 0.3 is 0 Å². The number of fused-ring (bicyclic) bond motifs is 6. The molecule has 4 heterocycles. The Balaban J connectivity index is 0.969. The number of para-hydroxylation sites is 2. The second-order valence-corrected chi connectivity index (χ2v) is 15.4. The van der Waals surface area contributed by atoms with Crippen LogP contribution in [-0.2, 0) is 0 Å². The molecule has 0 amide bonds. The van der Waals surface area contributed by atoms with E-state index in [9.17, 15) is 0 Å². The van der Waals surface area contributed by atoms with Crippen LogP contribution in [0.2, 0.25) is 0 Å². The molecule has 0 unspecified atom stereocenters. The molecule has 62 heavy (non-hydrogen) atoms. The molecule has 0 atom stereocenters. The summed E-state index contributed by atoms with van der Waals surface area (Å²) in [6.45, 7) is 0. The van der Waals surface area contributed by atoms with Crippen molar-refractivity contribution in [1.82, 2.24) is 19.9 Å². The molecule has 12 aromatic rings. The maximum atomic E-state index is 6.42. The standard InChI is InChI=1S/C56H34N4O2/c1-3-15-35(16-4-1)37-19-11-23-41(31-37)51-49-45-27-7-9-29-47(45)61-55(49)59-53(57-51)43-25-13-21-39(33-43)40-22-14-26-44(34-40)54-58-52(50-46-28-8-10-30-48(46)62-56(50)60-54)42-24-12-20-38(32-42)36-17-5-2-6-18-36/h1-34H. The van der Waals surface area contributed by atoms with Crippen molar-refractivity contribution < 1.29 is 8.83 Å². The lowest BCUT2D eigenvalue weighted by molar-refractivity contribution is 0.653. The van der Waals surface area contributed by atoms with E-state index in [1.54, 1.807) is 0 Å². The van der Waals surface area contributed by atoms with Crippen molar-refractivity contribution in [3.8, 4) is 78.7 Å². The zero-order chi connectivity index (χ0) is 41.0. The summed E-state index contributed by atoms with van der Waals surface area (Å²) in [6.07, 6.45) is 0. The molecule has 12 rings (SSSR count). The van der Waals surface area contributed by atoms with Crippen LogP contribution >= 0.6 is 0 Å². The molecule has 0 aliphatic carbocycles. The predicted molar refractivity (Wildman–Crippen MR) is 250 cm³/mol. The number of furan rings is 2. The van der Waals surface area contributed by atoms with Crippen molar-refractivity contribution in [3.63, 3.8) is 0 Å². The summed E-state index contributed by atoms with van der Waals surface area (Å²) in [5, 5.41) is 3.75. The van der Waals surface area contributed by atoms with Gasteiger partial charge in [-0.05, 0) is 69.8 Å².